The van der Waals surface area contributed by atoms with E-state index in [9.17, 15) is 14.4 Å². The van der Waals surface area contributed by atoms with E-state index in [0.29, 0.717) is 18.4 Å². The second kappa shape index (κ2) is 8.16. The number of likely N-dealkylation sites (N-methyl/N-ethyl adjacent to an activating group) is 1. The molecule has 0 fully saturated rings. The molecule has 0 radical (unpaired) electrons. The van der Waals surface area contributed by atoms with E-state index in [4.69, 9.17) is 0 Å². The van der Waals surface area contributed by atoms with Gasteiger partial charge in [0.15, 0.2) is 0 Å². The van der Waals surface area contributed by atoms with Crippen molar-refractivity contribution in [2.75, 3.05) is 7.05 Å². The van der Waals surface area contributed by atoms with Crippen LogP contribution >= 0.6 is 0 Å². The fourth-order valence-corrected chi connectivity index (χ4v) is 3.24. The van der Waals surface area contributed by atoms with Gasteiger partial charge in [-0.3, -0.25) is 14.4 Å². The van der Waals surface area contributed by atoms with Crippen molar-refractivity contribution in [3.8, 4) is 0 Å². The number of rotatable bonds is 5. The maximum Gasteiger partial charge on any atom is 0.267 e. The molecule has 1 unspecified atom stereocenters. The lowest BCUT2D eigenvalue weighted by Gasteiger charge is -2.25. The molecule has 2 aromatic rings. The molecule has 7 heteroatoms. The highest BCUT2D eigenvalue weighted by Gasteiger charge is 2.23. The number of fused-ring (bicyclic) bond motifs is 1. The van der Waals surface area contributed by atoms with Crippen LogP contribution in [0.3, 0.4) is 0 Å². The number of hydrogen-bond donors (Lipinski definition) is 2. The van der Waals surface area contributed by atoms with Gasteiger partial charge in [-0.15, -0.1) is 0 Å². The van der Waals surface area contributed by atoms with Gasteiger partial charge in [-0.25, -0.2) is 4.68 Å². The Bertz CT molecular complexity index is 902. The Labute approximate surface area is 157 Å². The molecule has 0 aliphatic heterocycles. The molecular formula is C20H24N4O3. The molecule has 1 aromatic carbocycles. The Kier molecular flexibility index (Phi) is 5.69. The Balaban J connectivity index is 1.68. The van der Waals surface area contributed by atoms with Gasteiger partial charge in [-0.05, 0) is 48.9 Å². The first-order valence-corrected chi connectivity index (χ1v) is 9.20. The molecule has 27 heavy (non-hydrogen) atoms. The maximum absolute atomic E-state index is 12.5. The van der Waals surface area contributed by atoms with Gasteiger partial charge >= 0.3 is 0 Å². The highest BCUT2D eigenvalue weighted by molar-refractivity contribution is 5.94. The fourth-order valence-electron chi connectivity index (χ4n) is 3.24. The van der Waals surface area contributed by atoms with Crippen molar-refractivity contribution in [3.63, 3.8) is 0 Å². The summed E-state index contributed by atoms with van der Waals surface area (Å²) in [4.78, 5) is 36.1. The van der Waals surface area contributed by atoms with E-state index in [-0.39, 0.29) is 30.0 Å². The van der Waals surface area contributed by atoms with E-state index in [1.807, 2.05) is 24.3 Å². The molecule has 142 valence electrons. The number of nitrogens with zero attached hydrogens (tertiary/aromatic N) is 2. The van der Waals surface area contributed by atoms with Crippen LogP contribution in [0.5, 0.6) is 0 Å². The summed E-state index contributed by atoms with van der Waals surface area (Å²) in [6, 6.07) is 9.09. The topological polar surface area (TPSA) is 93.1 Å². The third kappa shape index (κ3) is 4.42. The predicted octanol–water partition coefficient (Wildman–Crippen LogP) is 0.839. The maximum atomic E-state index is 12.5. The average Bonchev–Trinajstić information content (AvgIpc) is 2.68. The summed E-state index contributed by atoms with van der Waals surface area (Å²) in [5, 5.41) is 9.86. The quantitative estimate of drug-likeness (QED) is 0.818. The average molecular weight is 368 g/mol. The van der Waals surface area contributed by atoms with Gasteiger partial charge in [0.2, 0.25) is 5.91 Å². The lowest BCUT2D eigenvalue weighted by atomic mass is 9.92. The number of aromatic nitrogens is 2. The third-order valence-corrected chi connectivity index (χ3v) is 4.89. The van der Waals surface area contributed by atoms with Crippen molar-refractivity contribution >= 4 is 11.8 Å². The van der Waals surface area contributed by atoms with Crippen molar-refractivity contribution in [2.45, 2.75) is 45.2 Å². The van der Waals surface area contributed by atoms with Crippen molar-refractivity contribution in [1.29, 1.82) is 0 Å². The first-order chi connectivity index (χ1) is 13.0. The zero-order chi connectivity index (χ0) is 19.4. The number of hydrogen-bond acceptors (Lipinski definition) is 4. The molecule has 0 saturated heterocycles. The molecule has 2 N–H and O–H groups in total. The lowest BCUT2D eigenvalue weighted by Crippen LogP contribution is -2.40. The minimum atomic E-state index is -0.306. The molecule has 0 bridgehead atoms. The van der Waals surface area contributed by atoms with Crippen LogP contribution in [0.25, 0.3) is 0 Å². The summed E-state index contributed by atoms with van der Waals surface area (Å²) in [5.74, 6) is -0.369. The monoisotopic (exact) mass is 368 g/mol. The summed E-state index contributed by atoms with van der Waals surface area (Å²) >= 11 is 0. The summed E-state index contributed by atoms with van der Waals surface area (Å²) in [6.07, 6.45) is 2.91. The molecule has 0 saturated carbocycles. The van der Waals surface area contributed by atoms with E-state index < -0.39 is 0 Å². The molecule has 3 rings (SSSR count). The first-order valence-electron chi connectivity index (χ1n) is 9.20. The minimum absolute atomic E-state index is 0.0353. The lowest BCUT2D eigenvalue weighted by molar-refractivity contribution is -0.121. The zero-order valence-corrected chi connectivity index (χ0v) is 15.6. The molecule has 1 atom stereocenters. The van der Waals surface area contributed by atoms with E-state index >= 15 is 0 Å². The highest BCUT2D eigenvalue weighted by Crippen LogP contribution is 2.18. The van der Waals surface area contributed by atoms with Crippen molar-refractivity contribution in [2.24, 2.45) is 0 Å². The molecule has 1 aliphatic rings. The SMILES string of the molecule is CCc1ccc(C(=O)NC2CCc3nn(CC(=O)NC)c(=O)cc3C2)cc1. The van der Waals surface area contributed by atoms with Crippen LogP contribution in [-0.4, -0.2) is 34.7 Å². The Morgan fingerprint density at radius 2 is 2.00 bits per heavy atom. The fraction of sp³-hybridized carbons (Fsp3) is 0.400. The van der Waals surface area contributed by atoms with Gasteiger partial charge in [0, 0.05) is 24.7 Å². The van der Waals surface area contributed by atoms with Crippen LogP contribution in [0.15, 0.2) is 35.1 Å². The smallest absolute Gasteiger partial charge is 0.267 e. The highest BCUT2D eigenvalue weighted by atomic mass is 16.2. The number of aryl methyl sites for hydroxylation is 2. The van der Waals surface area contributed by atoms with E-state index in [2.05, 4.69) is 22.7 Å². The van der Waals surface area contributed by atoms with Gasteiger partial charge < -0.3 is 10.6 Å². The first kappa shape index (κ1) is 18.8. The van der Waals surface area contributed by atoms with E-state index in [1.54, 1.807) is 0 Å². The van der Waals surface area contributed by atoms with Gasteiger partial charge in [-0.1, -0.05) is 19.1 Å². The van der Waals surface area contributed by atoms with Gasteiger partial charge in [0.1, 0.15) is 6.54 Å². The van der Waals surface area contributed by atoms with Crippen LogP contribution < -0.4 is 16.2 Å². The summed E-state index contributed by atoms with van der Waals surface area (Å²) in [6.45, 7) is 1.99. The molecular weight excluding hydrogens is 344 g/mol. The van der Waals surface area contributed by atoms with Gasteiger partial charge in [0.25, 0.3) is 11.5 Å². The second-order valence-corrected chi connectivity index (χ2v) is 6.75. The van der Waals surface area contributed by atoms with Crippen molar-refractivity contribution in [3.05, 3.63) is 63.1 Å². The number of benzene rings is 1. The van der Waals surface area contributed by atoms with Crippen LogP contribution in [0, 0.1) is 0 Å². The van der Waals surface area contributed by atoms with Crippen molar-refractivity contribution < 1.29 is 9.59 Å². The number of nitrogens with one attached hydrogen (secondary N) is 2. The van der Waals surface area contributed by atoms with Crippen LogP contribution in [0.4, 0.5) is 0 Å². The molecule has 0 spiro atoms. The van der Waals surface area contributed by atoms with Gasteiger partial charge in [-0.2, -0.15) is 5.10 Å². The summed E-state index contributed by atoms with van der Waals surface area (Å²) in [7, 11) is 1.52. The normalized spacial score (nSPS) is 15.7. The third-order valence-electron chi connectivity index (χ3n) is 4.89. The van der Waals surface area contributed by atoms with E-state index in [1.165, 1.54) is 23.4 Å². The number of carbonyl (C=O) groups is 2. The minimum Gasteiger partial charge on any atom is -0.358 e. The van der Waals surface area contributed by atoms with Gasteiger partial charge in [0.05, 0.1) is 5.69 Å². The number of amides is 2. The second-order valence-electron chi connectivity index (χ2n) is 6.75. The summed E-state index contributed by atoms with van der Waals surface area (Å²) in [5.41, 5.74) is 3.18. The zero-order valence-electron chi connectivity index (χ0n) is 15.6. The van der Waals surface area contributed by atoms with Crippen LogP contribution in [0.2, 0.25) is 0 Å². The Morgan fingerprint density at radius 3 is 2.67 bits per heavy atom. The molecule has 1 heterocycles. The molecule has 1 aliphatic carbocycles. The standard InChI is InChI=1S/C20H24N4O3/c1-3-13-4-6-14(7-5-13)20(27)22-16-8-9-17-15(10-16)11-19(26)24(23-17)12-18(25)21-2/h4-7,11,16H,3,8-10,12H2,1-2H3,(H,21,25)(H,22,27). The Hall–Kier alpha value is -2.96. The largest absolute Gasteiger partial charge is 0.358 e. The molecule has 1 aromatic heterocycles. The van der Waals surface area contributed by atoms with Crippen LogP contribution in [0.1, 0.15) is 40.5 Å². The molecule has 2 amide bonds. The summed E-state index contributed by atoms with van der Waals surface area (Å²) < 4.78 is 1.19. The molecule has 7 nitrogen and oxygen atoms in total. The van der Waals surface area contributed by atoms with E-state index in [0.717, 1.165) is 24.1 Å². The number of carbonyl (C=O) groups excluding carboxylic acids is 2. The predicted molar refractivity (Wildman–Crippen MR) is 102 cm³/mol. The van der Waals surface area contributed by atoms with Crippen molar-refractivity contribution in [1.82, 2.24) is 20.4 Å². The van der Waals surface area contributed by atoms with Crippen LogP contribution in [-0.2, 0) is 30.6 Å². The Morgan fingerprint density at radius 1 is 1.26 bits per heavy atom.